The Labute approximate surface area is 174 Å². The summed E-state index contributed by atoms with van der Waals surface area (Å²) in [6.07, 6.45) is 1.15. The molecule has 0 radical (unpaired) electrons. The van der Waals surface area contributed by atoms with E-state index in [1.54, 1.807) is 24.3 Å². The van der Waals surface area contributed by atoms with E-state index in [0.29, 0.717) is 37.9 Å². The van der Waals surface area contributed by atoms with Gasteiger partial charge in [-0.3, -0.25) is 24.8 Å². The number of amides is 2. The fraction of sp³-hybridized carbons (Fsp3) is 0.524. The molecule has 3 aliphatic rings. The highest BCUT2D eigenvalue weighted by Crippen LogP contribution is 2.59. The molecule has 4 unspecified atom stereocenters. The summed E-state index contributed by atoms with van der Waals surface area (Å²) in [5.74, 6) is -2.21. The predicted molar refractivity (Wildman–Crippen MR) is 107 cm³/mol. The summed E-state index contributed by atoms with van der Waals surface area (Å²) in [5.41, 5.74) is 5.57. The first kappa shape index (κ1) is 20.3. The molecule has 0 aliphatic carbocycles. The van der Waals surface area contributed by atoms with Crippen molar-refractivity contribution < 1.29 is 24.2 Å². The van der Waals surface area contributed by atoms with Crippen LogP contribution in [0.4, 0.5) is 4.79 Å². The number of nitrogens with zero attached hydrogens (tertiary/aromatic N) is 2. The van der Waals surface area contributed by atoms with Crippen molar-refractivity contribution in [3.05, 3.63) is 35.4 Å². The molecule has 4 N–H and O–H groups in total. The Morgan fingerprint density at radius 2 is 2.00 bits per heavy atom. The summed E-state index contributed by atoms with van der Waals surface area (Å²) in [7, 11) is 0. The smallest absolute Gasteiger partial charge is 0.450 e. The van der Waals surface area contributed by atoms with Crippen LogP contribution >= 0.6 is 0 Å². The van der Waals surface area contributed by atoms with Gasteiger partial charge < -0.3 is 15.6 Å². The SMILES string of the molecule is CCCCN1C(=O)C2C(c3ccc(C(=N)N)cc3)N3CCCC3(OC(=O)O)C2C1=O. The molecule has 3 aliphatic heterocycles. The predicted octanol–water partition coefficient (Wildman–Crippen LogP) is 1.91. The third-order valence-electron chi connectivity index (χ3n) is 6.59. The second kappa shape index (κ2) is 7.39. The monoisotopic (exact) mass is 414 g/mol. The van der Waals surface area contributed by atoms with Crippen molar-refractivity contribution >= 4 is 23.8 Å². The molecule has 2 amide bonds. The zero-order valence-electron chi connectivity index (χ0n) is 16.8. The summed E-state index contributed by atoms with van der Waals surface area (Å²) in [6, 6.07) is 6.52. The number of imide groups is 1. The first-order valence-electron chi connectivity index (χ1n) is 10.3. The standard InChI is InChI=1S/C21H26N4O5/c1-2-3-10-24-18(26)14-15(19(24)27)21(30-20(28)29)9-4-11-25(21)16(14)12-5-7-13(8-6-12)17(22)23/h5-8,14-16H,2-4,9-11H2,1H3,(H3,22,23)(H,28,29). The van der Waals surface area contributed by atoms with Gasteiger partial charge in [0, 0.05) is 25.1 Å². The van der Waals surface area contributed by atoms with Crippen molar-refractivity contribution in [3.8, 4) is 0 Å². The van der Waals surface area contributed by atoms with E-state index >= 15 is 0 Å². The topological polar surface area (TPSA) is 137 Å². The van der Waals surface area contributed by atoms with Crippen molar-refractivity contribution in [1.82, 2.24) is 9.80 Å². The van der Waals surface area contributed by atoms with Crippen molar-refractivity contribution in [3.63, 3.8) is 0 Å². The Morgan fingerprint density at radius 1 is 1.30 bits per heavy atom. The van der Waals surface area contributed by atoms with Gasteiger partial charge in [-0.2, -0.15) is 0 Å². The third-order valence-corrected chi connectivity index (χ3v) is 6.59. The molecular formula is C21H26N4O5. The summed E-state index contributed by atoms with van der Waals surface area (Å²) in [6.45, 7) is 2.86. The highest BCUT2D eigenvalue weighted by atomic mass is 16.7. The van der Waals surface area contributed by atoms with Crippen LogP contribution in [0.15, 0.2) is 24.3 Å². The van der Waals surface area contributed by atoms with E-state index in [1.165, 1.54) is 4.90 Å². The Morgan fingerprint density at radius 3 is 2.60 bits per heavy atom. The Bertz CT molecular complexity index is 901. The first-order chi connectivity index (χ1) is 14.3. The molecule has 3 fully saturated rings. The lowest BCUT2D eigenvalue weighted by Gasteiger charge is -2.36. The number of carbonyl (C=O) groups excluding carboxylic acids is 2. The molecule has 0 spiro atoms. The van der Waals surface area contributed by atoms with Gasteiger partial charge in [-0.1, -0.05) is 37.6 Å². The zero-order chi connectivity index (χ0) is 21.6. The van der Waals surface area contributed by atoms with E-state index in [0.717, 1.165) is 12.0 Å². The van der Waals surface area contributed by atoms with E-state index in [-0.39, 0.29) is 17.6 Å². The number of fused-ring (bicyclic) bond motifs is 3. The second-order valence-corrected chi connectivity index (χ2v) is 8.18. The van der Waals surface area contributed by atoms with Crippen molar-refractivity contribution in [2.45, 2.75) is 44.4 Å². The van der Waals surface area contributed by atoms with Crippen LogP contribution in [0.5, 0.6) is 0 Å². The molecule has 4 rings (SSSR count). The number of likely N-dealkylation sites (tertiary alicyclic amines) is 1. The highest BCUT2D eigenvalue weighted by molar-refractivity contribution is 6.07. The Hall–Kier alpha value is -2.94. The number of benzene rings is 1. The van der Waals surface area contributed by atoms with Crippen LogP contribution < -0.4 is 5.73 Å². The maximum atomic E-state index is 13.3. The summed E-state index contributed by atoms with van der Waals surface area (Å²) >= 11 is 0. The van der Waals surface area contributed by atoms with Crippen LogP contribution in [-0.2, 0) is 14.3 Å². The van der Waals surface area contributed by atoms with E-state index in [1.807, 2.05) is 11.8 Å². The first-order valence-corrected chi connectivity index (χ1v) is 10.3. The maximum Gasteiger partial charge on any atom is 0.507 e. The number of nitrogens with two attached hydrogens (primary N) is 1. The molecule has 9 nitrogen and oxygen atoms in total. The summed E-state index contributed by atoms with van der Waals surface area (Å²) in [5, 5.41) is 17.0. The lowest BCUT2D eigenvalue weighted by molar-refractivity contribution is -0.154. The molecule has 9 heteroatoms. The molecule has 0 saturated carbocycles. The zero-order valence-corrected chi connectivity index (χ0v) is 16.8. The third kappa shape index (κ3) is 2.87. The summed E-state index contributed by atoms with van der Waals surface area (Å²) < 4.78 is 5.41. The van der Waals surface area contributed by atoms with Crippen LogP contribution in [-0.4, -0.2) is 57.5 Å². The van der Waals surface area contributed by atoms with E-state index in [2.05, 4.69) is 0 Å². The molecule has 1 aromatic rings. The molecule has 30 heavy (non-hydrogen) atoms. The number of rotatable bonds is 6. The molecule has 0 aromatic heterocycles. The van der Waals surface area contributed by atoms with Crippen LogP contribution in [0, 0.1) is 17.2 Å². The normalized spacial score (nSPS) is 30.4. The van der Waals surface area contributed by atoms with Crippen LogP contribution in [0.1, 0.15) is 49.8 Å². The summed E-state index contributed by atoms with van der Waals surface area (Å²) in [4.78, 5) is 41.4. The van der Waals surface area contributed by atoms with Gasteiger partial charge in [0.05, 0.1) is 12.0 Å². The molecule has 4 atom stereocenters. The van der Waals surface area contributed by atoms with Crippen LogP contribution in [0.3, 0.4) is 0 Å². The number of nitrogens with one attached hydrogen (secondary N) is 1. The largest absolute Gasteiger partial charge is 0.507 e. The minimum absolute atomic E-state index is 0.0616. The van der Waals surface area contributed by atoms with Gasteiger partial charge in [0.15, 0.2) is 5.72 Å². The number of ether oxygens (including phenoxy) is 1. The number of unbranched alkanes of at least 4 members (excludes halogenated alkanes) is 1. The van der Waals surface area contributed by atoms with Crippen LogP contribution in [0.25, 0.3) is 0 Å². The number of amidine groups is 1. The second-order valence-electron chi connectivity index (χ2n) is 8.18. The van der Waals surface area contributed by atoms with Gasteiger partial charge in [0.2, 0.25) is 11.8 Å². The lowest BCUT2D eigenvalue weighted by Crippen LogP contribution is -2.51. The maximum absolute atomic E-state index is 13.3. The van der Waals surface area contributed by atoms with Gasteiger partial charge in [-0.05, 0) is 18.4 Å². The van der Waals surface area contributed by atoms with E-state index in [9.17, 15) is 19.5 Å². The van der Waals surface area contributed by atoms with Gasteiger partial charge in [0.25, 0.3) is 0 Å². The molecule has 1 aromatic carbocycles. The Kier molecular flexibility index (Phi) is 5.01. The fourth-order valence-electron chi connectivity index (χ4n) is 5.39. The molecule has 160 valence electrons. The highest BCUT2D eigenvalue weighted by Gasteiger charge is 2.72. The van der Waals surface area contributed by atoms with Crippen molar-refractivity contribution in [2.75, 3.05) is 13.1 Å². The quantitative estimate of drug-likeness (QED) is 0.280. The molecule has 3 heterocycles. The minimum Gasteiger partial charge on any atom is -0.450 e. The number of hydrogen-bond donors (Lipinski definition) is 3. The van der Waals surface area contributed by atoms with Crippen LogP contribution in [0.2, 0.25) is 0 Å². The number of nitrogen functional groups attached to an aromatic ring is 1. The number of hydrogen-bond acceptors (Lipinski definition) is 6. The van der Waals surface area contributed by atoms with Gasteiger partial charge in [0.1, 0.15) is 11.8 Å². The van der Waals surface area contributed by atoms with E-state index < -0.39 is 29.8 Å². The van der Waals surface area contributed by atoms with E-state index in [4.69, 9.17) is 15.9 Å². The Balaban J connectivity index is 1.80. The van der Waals surface area contributed by atoms with Crippen molar-refractivity contribution in [2.24, 2.45) is 17.6 Å². The fourth-order valence-corrected chi connectivity index (χ4v) is 5.39. The average Bonchev–Trinajstić information content (AvgIpc) is 3.29. The lowest BCUT2D eigenvalue weighted by atomic mass is 9.83. The van der Waals surface area contributed by atoms with Gasteiger partial charge >= 0.3 is 6.16 Å². The van der Waals surface area contributed by atoms with Gasteiger partial charge in [-0.15, -0.1) is 0 Å². The molecule has 0 bridgehead atoms. The molecular weight excluding hydrogens is 388 g/mol. The van der Waals surface area contributed by atoms with Gasteiger partial charge in [-0.25, -0.2) is 4.79 Å². The van der Waals surface area contributed by atoms with Crippen molar-refractivity contribution in [1.29, 1.82) is 5.41 Å². The average molecular weight is 414 g/mol. The number of carboxylic acid groups (broad SMARTS) is 1. The molecule has 3 saturated heterocycles. The number of carbonyl (C=O) groups is 3. The minimum atomic E-state index is -1.44.